The minimum Gasteiger partial charge on any atom is -0.508 e. The zero-order valence-electron chi connectivity index (χ0n) is 21.7. The number of nitrogens with zero attached hydrogens (tertiary/aromatic N) is 2. The topological polar surface area (TPSA) is 109 Å². The number of hydrogen-bond acceptors (Lipinski definition) is 7. The van der Waals surface area contributed by atoms with Crippen LogP contribution in [0.1, 0.15) is 21.9 Å². The molecular weight excluding hydrogens is 627 g/mol. The number of rotatable bonds is 5. The molecule has 2 aliphatic rings. The maximum Gasteiger partial charge on any atom is 0.416 e. The van der Waals surface area contributed by atoms with E-state index in [-0.39, 0.29) is 11.4 Å². The number of imide groups is 1. The number of aromatic hydroxyl groups is 1. The van der Waals surface area contributed by atoms with Crippen molar-refractivity contribution >= 4 is 63.8 Å². The second-order valence-electron chi connectivity index (χ2n) is 9.87. The molecular formula is C29H19ClF3N3O5S2. The van der Waals surface area contributed by atoms with Gasteiger partial charge in [0.2, 0.25) is 17.7 Å². The fraction of sp³-hybridized carbons (Fsp3) is 0.172. The molecule has 0 saturated carbocycles. The summed E-state index contributed by atoms with van der Waals surface area (Å²) in [7, 11) is 0. The highest BCUT2D eigenvalue weighted by molar-refractivity contribution is 8.00. The number of nitrogens with one attached hydrogen (secondary N) is 1. The van der Waals surface area contributed by atoms with Crippen LogP contribution in [0, 0.1) is 5.92 Å². The van der Waals surface area contributed by atoms with E-state index in [1.807, 2.05) is 0 Å². The van der Waals surface area contributed by atoms with E-state index < -0.39 is 58.0 Å². The molecule has 43 heavy (non-hydrogen) atoms. The van der Waals surface area contributed by atoms with Gasteiger partial charge in [-0.2, -0.15) is 13.2 Å². The number of benzene rings is 3. The molecule has 3 atom stereocenters. The zero-order valence-corrected chi connectivity index (χ0v) is 24.1. The molecule has 4 aromatic rings. The van der Waals surface area contributed by atoms with Crippen LogP contribution in [0.25, 0.3) is 0 Å². The summed E-state index contributed by atoms with van der Waals surface area (Å²) >= 11 is 7.88. The van der Waals surface area contributed by atoms with Gasteiger partial charge in [0, 0.05) is 21.5 Å². The van der Waals surface area contributed by atoms with E-state index in [0.717, 1.165) is 46.2 Å². The van der Waals surface area contributed by atoms with Crippen LogP contribution in [0.15, 0.2) is 82.6 Å². The van der Waals surface area contributed by atoms with Crippen molar-refractivity contribution < 1.29 is 32.7 Å². The second kappa shape index (κ2) is 10.9. The number of halogens is 4. The van der Waals surface area contributed by atoms with Gasteiger partial charge in [-0.3, -0.25) is 23.7 Å². The number of anilines is 2. The van der Waals surface area contributed by atoms with Gasteiger partial charge in [-0.15, -0.1) is 0 Å². The molecule has 2 unspecified atom stereocenters. The number of alkyl halides is 3. The van der Waals surface area contributed by atoms with Gasteiger partial charge in [-0.1, -0.05) is 52.9 Å². The van der Waals surface area contributed by atoms with Gasteiger partial charge in [0.1, 0.15) is 17.5 Å². The fourth-order valence-electron chi connectivity index (χ4n) is 5.25. The lowest BCUT2D eigenvalue weighted by molar-refractivity contribution is -0.137. The molecule has 1 aromatic heterocycles. The molecule has 0 radical (unpaired) electrons. The Morgan fingerprint density at radius 3 is 2.35 bits per heavy atom. The second-order valence-corrected chi connectivity index (χ2v) is 12.4. The number of hydrogen-bond donors (Lipinski definition) is 2. The van der Waals surface area contributed by atoms with Crippen LogP contribution in [-0.2, 0) is 27.1 Å². The predicted molar refractivity (Wildman–Crippen MR) is 156 cm³/mol. The lowest BCUT2D eigenvalue weighted by atomic mass is 9.83. The number of fused-ring (bicyclic) bond motifs is 2. The lowest BCUT2D eigenvalue weighted by Gasteiger charge is -2.30. The summed E-state index contributed by atoms with van der Waals surface area (Å²) in [6, 6.07) is 16.3. The Bertz CT molecular complexity index is 1820. The first-order valence-corrected chi connectivity index (χ1v) is 14.8. The molecule has 6 rings (SSSR count). The van der Waals surface area contributed by atoms with E-state index in [1.165, 1.54) is 34.9 Å². The quantitative estimate of drug-likeness (QED) is 0.212. The lowest BCUT2D eigenvalue weighted by Crippen LogP contribution is -2.33. The van der Waals surface area contributed by atoms with E-state index in [4.69, 9.17) is 11.6 Å². The molecule has 0 spiro atoms. The Balaban J connectivity index is 1.40. The van der Waals surface area contributed by atoms with Crippen LogP contribution < -0.4 is 15.1 Å². The third-order valence-electron chi connectivity index (χ3n) is 7.16. The molecule has 14 heteroatoms. The van der Waals surface area contributed by atoms with Crippen molar-refractivity contribution in [3.05, 3.63) is 103 Å². The normalized spacial score (nSPS) is 19.7. The maximum atomic E-state index is 13.9. The summed E-state index contributed by atoms with van der Waals surface area (Å²) in [5.41, 5.74) is -0.242. The highest BCUT2D eigenvalue weighted by Crippen LogP contribution is 2.54. The summed E-state index contributed by atoms with van der Waals surface area (Å²) in [5.74, 6) is -3.77. The average molecular weight is 646 g/mol. The summed E-state index contributed by atoms with van der Waals surface area (Å²) in [4.78, 5) is 54.5. The largest absolute Gasteiger partial charge is 0.508 e. The van der Waals surface area contributed by atoms with Crippen molar-refractivity contribution in [3.8, 4) is 5.75 Å². The molecule has 1 saturated heterocycles. The Morgan fingerprint density at radius 2 is 1.67 bits per heavy atom. The number of amides is 3. The average Bonchev–Trinajstić information content (AvgIpc) is 3.40. The monoisotopic (exact) mass is 645 g/mol. The number of phenolic OH excluding ortho intramolecular Hbond substituents is 1. The minimum atomic E-state index is -4.68. The number of thiazole rings is 1. The first-order valence-electron chi connectivity index (χ1n) is 12.7. The van der Waals surface area contributed by atoms with E-state index in [2.05, 4.69) is 5.32 Å². The fourth-order valence-corrected chi connectivity index (χ4v) is 8.15. The molecule has 8 nitrogen and oxygen atoms in total. The predicted octanol–water partition coefficient (Wildman–Crippen LogP) is 5.72. The van der Waals surface area contributed by atoms with Crippen molar-refractivity contribution in [2.24, 2.45) is 5.92 Å². The highest BCUT2D eigenvalue weighted by atomic mass is 35.5. The number of aromatic nitrogens is 1. The Hall–Kier alpha value is -4.07. The van der Waals surface area contributed by atoms with Crippen molar-refractivity contribution in [3.63, 3.8) is 0 Å². The number of thioether (sulfide) groups is 1. The molecule has 2 aliphatic heterocycles. The van der Waals surface area contributed by atoms with Crippen LogP contribution in [0.4, 0.5) is 24.5 Å². The SMILES string of the molecule is O=C(Cn1c2c(sc1=O)[C@H](c1ccc(Cl)cc1)C1C(=O)N(c3cccc(C(F)(F)F)c3)C(=O)C1S2)Nc1ccc(O)cc1. The summed E-state index contributed by atoms with van der Waals surface area (Å²) in [6.07, 6.45) is -4.68. The highest BCUT2D eigenvalue weighted by Gasteiger charge is 2.57. The maximum absolute atomic E-state index is 13.9. The van der Waals surface area contributed by atoms with Crippen LogP contribution in [0.3, 0.4) is 0 Å². The van der Waals surface area contributed by atoms with Gasteiger partial charge in [0.25, 0.3) is 0 Å². The third-order valence-corrected chi connectivity index (χ3v) is 10.0. The minimum absolute atomic E-state index is 0.00951. The van der Waals surface area contributed by atoms with Gasteiger partial charge in [-0.25, -0.2) is 4.90 Å². The van der Waals surface area contributed by atoms with Gasteiger partial charge in [0.05, 0.1) is 22.2 Å². The Labute approximate surface area is 254 Å². The summed E-state index contributed by atoms with van der Waals surface area (Å²) < 4.78 is 41.6. The van der Waals surface area contributed by atoms with E-state index >= 15 is 0 Å². The van der Waals surface area contributed by atoms with Crippen LogP contribution >= 0.6 is 34.7 Å². The molecule has 3 heterocycles. The zero-order chi connectivity index (χ0) is 30.6. The summed E-state index contributed by atoms with van der Waals surface area (Å²) in [5, 5.41) is 11.8. The Morgan fingerprint density at radius 1 is 0.977 bits per heavy atom. The molecule has 3 amide bonds. The smallest absolute Gasteiger partial charge is 0.416 e. The molecule has 220 valence electrons. The van der Waals surface area contributed by atoms with Crippen molar-refractivity contribution in [1.82, 2.24) is 4.57 Å². The summed E-state index contributed by atoms with van der Waals surface area (Å²) in [6.45, 7) is -0.400. The first kappa shape index (κ1) is 29.0. The van der Waals surface area contributed by atoms with Crippen molar-refractivity contribution in [1.29, 1.82) is 0 Å². The first-order chi connectivity index (χ1) is 20.4. The van der Waals surface area contributed by atoms with E-state index in [9.17, 15) is 37.5 Å². The van der Waals surface area contributed by atoms with Crippen molar-refractivity contribution in [2.75, 3.05) is 10.2 Å². The van der Waals surface area contributed by atoms with Crippen LogP contribution in [0.5, 0.6) is 5.75 Å². The molecule has 0 bridgehead atoms. The molecule has 1 fully saturated rings. The molecule has 2 N–H and O–H groups in total. The van der Waals surface area contributed by atoms with E-state index in [0.29, 0.717) is 26.2 Å². The van der Waals surface area contributed by atoms with Crippen LogP contribution in [-0.4, -0.2) is 32.6 Å². The van der Waals surface area contributed by atoms with Gasteiger partial charge in [-0.05, 0) is 60.2 Å². The molecule has 3 aromatic carbocycles. The third kappa shape index (κ3) is 5.32. The number of carbonyl (C=O) groups is 3. The van der Waals surface area contributed by atoms with Crippen LogP contribution in [0.2, 0.25) is 5.02 Å². The van der Waals surface area contributed by atoms with E-state index in [1.54, 1.807) is 24.3 Å². The number of carbonyl (C=O) groups excluding carboxylic acids is 3. The molecule has 0 aliphatic carbocycles. The van der Waals surface area contributed by atoms with Crippen molar-refractivity contribution in [2.45, 2.75) is 28.9 Å². The van der Waals surface area contributed by atoms with Gasteiger partial charge in [0.15, 0.2) is 0 Å². The van der Waals surface area contributed by atoms with Gasteiger partial charge >= 0.3 is 11.0 Å². The number of phenols is 1. The Kier molecular flexibility index (Phi) is 7.35. The van der Waals surface area contributed by atoms with Gasteiger partial charge < -0.3 is 10.4 Å². The standard InChI is InChI=1S/C29H19ClF3N3O5S2/c30-16-6-4-14(5-7-16)21-22-23(26(40)36(25(22)39)18-3-1-2-15(12-18)29(31,32)33)42-27-24(21)43-28(41)35(27)13-20(38)34-17-8-10-19(37)11-9-17/h1-12,21-23,37H,13H2,(H,34,38)/t21-,22?,23?/m1/s1.